The molecule has 1 aromatic heterocycles. The first-order chi connectivity index (χ1) is 6.66. The lowest BCUT2D eigenvalue weighted by atomic mass is 10.1. The number of rotatable bonds is 1. The molecule has 0 aromatic carbocycles. The predicted octanol–water partition coefficient (Wildman–Crippen LogP) is 1.23. The number of anilines is 2. The zero-order chi connectivity index (χ0) is 10.6. The van der Waals surface area contributed by atoms with Gasteiger partial charge in [-0.2, -0.15) is 12.6 Å². The van der Waals surface area contributed by atoms with Crippen LogP contribution in [0.2, 0.25) is 0 Å². The van der Waals surface area contributed by atoms with E-state index in [0.717, 1.165) is 23.3 Å². The molecule has 0 unspecified atom stereocenters. The molecule has 1 aromatic rings. The van der Waals surface area contributed by atoms with Gasteiger partial charge in [-0.1, -0.05) is 11.8 Å². The van der Waals surface area contributed by atoms with Crippen molar-refractivity contribution < 1.29 is 0 Å². The highest BCUT2D eigenvalue weighted by Crippen LogP contribution is 2.19. The van der Waals surface area contributed by atoms with Gasteiger partial charge in [0.15, 0.2) is 0 Å². The normalized spacial score (nSPS) is 9.29. The van der Waals surface area contributed by atoms with Gasteiger partial charge in [-0.25, -0.2) is 4.98 Å². The van der Waals surface area contributed by atoms with E-state index in [1.54, 1.807) is 6.20 Å². The Morgan fingerprint density at radius 2 is 2.21 bits per heavy atom. The third-order valence-corrected chi connectivity index (χ3v) is 2.10. The van der Waals surface area contributed by atoms with Gasteiger partial charge in [0.25, 0.3) is 0 Å². The molecule has 0 aliphatic rings. The lowest BCUT2D eigenvalue weighted by Crippen LogP contribution is -2.01. The van der Waals surface area contributed by atoms with Gasteiger partial charge >= 0.3 is 0 Å². The number of hydrogen-bond donors (Lipinski definition) is 3. The second kappa shape index (κ2) is 4.77. The lowest BCUT2D eigenvalue weighted by molar-refractivity contribution is 1.27. The van der Waals surface area contributed by atoms with Crippen LogP contribution in [0.25, 0.3) is 0 Å². The molecule has 0 saturated heterocycles. The first-order valence-electron chi connectivity index (χ1n) is 4.27. The highest BCUT2D eigenvalue weighted by molar-refractivity contribution is 7.80. The zero-order valence-electron chi connectivity index (χ0n) is 8.04. The standard InChI is InChI=1S/C10H13N3S/c1-7-8(4-2-3-5-14)6-13-10(12)9(7)11/h6,14H,3,5,11H2,1H3,(H2,12,13). The van der Waals surface area contributed by atoms with Crippen molar-refractivity contribution in [3.63, 3.8) is 0 Å². The van der Waals surface area contributed by atoms with Crippen molar-refractivity contribution in [3.8, 4) is 11.8 Å². The molecule has 0 fully saturated rings. The van der Waals surface area contributed by atoms with Crippen LogP contribution in [0.5, 0.6) is 0 Å². The Labute approximate surface area is 89.3 Å². The van der Waals surface area contributed by atoms with Crippen molar-refractivity contribution in [2.24, 2.45) is 0 Å². The maximum absolute atomic E-state index is 5.72. The Bertz CT molecular complexity index is 390. The third kappa shape index (κ3) is 2.33. The van der Waals surface area contributed by atoms with Crippen molar-refractivity contribution in [2.45, 2.75) is 13.3 Å². The molecule has 14 heavy (non-hydrogen) atoms. The largest absolute Gasteiger partial charge is 0.395 e. The van der Waals surface area contributed by atoms with Gasteiger partial charge < -0.3 is 11.5 Å². The Morgan fingerprint density at radius 3 is 2.86 bits per heavy atom. The van der Waals surface area contributed by atoms with E-state index in [1.165, 1.54) is 0 Å². The topological polar surface area (TPSA) is 64.9 Å². The lowest BCUT2D eigenvalue weighted by Gasteiger charge is -2.04. The molecule has 0 amide bonds. The summed E-state index contributed by atoms with van der Waals surface area (Å²) in [5.41, 5.74) is 13.5. The minimum atomic E-state index is 0.363. The average Bonchev–Trinajstić information content (AvgIpc) is 2.18. The first-order valence-corrected chi connectivity index (χ1v) is 4.90. The molecule has 74 valence electrons. The molecule has 1 rings (SSSR count). The molecule has 3 nitrogen and oxygen atoms in total. The summed E-state index contributed by atoms with van der Waals surface area (Å²) in [6.07, 6.45) is 2.40. The fraction of sp³-hybridized carbons (Fsp3) is 0.300. The number of nitrogen functional groups attached to an aromatic ring is 2. The Morgan fingerprint density at radius 1 is 1.50 bits per heavy atom. The molecule has 0 spiro atoms. The fourth-order valence-electron chi connectivity index (χ4n) is 0.977. The summed E-state index contributed by atoms with van der Waals surface area (Å²) in [4.78, 5) is 3.95. The second-order valence-corrected chi connectivity index (χ2v) is 3.32. The van der Waals surface area contributed by atoms with Crippen LogP contribution in [0.15, 0.2) is 6.20 Å². The van der Waals surface area contributed by atoms with Gasteiger partial charge in [-0.15, -0.1) is 0 Å². The maximum Gasteiger partial charge on any atom is 0.146 e. The Balaban J connectivity index is 3.02. The summed E-state index contributed by atoms with van der Waals surface area (Å²) in [6, 6.07) is 0. The van der Waals surface area contributed by atoms with E-state index in [-0.39, 0.29) is 0 Å². The van der Waals surface area contributed by atoms with Crippen LogP contribution in [0, 0.1) is 18.8 Å². The van der Waals surface area contributed by atoms with E-state index in [1.807, 2.05) is 6.92 Å². The maximum atomic E-state index is 5.72. The van der Waals surface area contributed by atoms with Crippen LogP contribution >= 0.6 is 12.6 Å². The van der Waals surface area contributed by atoms with Crippen molar-refractivity contribution in [1.29, 1.82) is 0 Å². The molecule has 0 radical (unpaired) electrons. The van der Waals surface area contributed by atoms with Crippen LogP contribution in [-0.2, 0) is 0 Å². The number of nitrogens with zero attached hydrogens (tertiary/aromatic N) is 1. The Kier molecular flexibility index (Phi) is 3.66. The van der Waals surface area contributed by atoms with Gasteiger partial charge in [-0.3, -0.25) is 0 Å². The van der Waals surface area contributed by atoms with E-state index in [2.05, 4.69) is 29.5 Å². The quantitative estimate of drug-likeness (QED) is 0.479. The zero-order valence-corrected chi connectivity index (χ0v) is 8.94. The molecule has 0 bridgehead atoms. The molecule has 0 aliphatic carbocycles. The van der Waals surface area contributed by atoms with E-state index < -0.39 is 0 Å². The summed E-state index contributed by atoms with van der Waals surface area (Å²) in [5.74, 6) is 7.08. The van der Waals surface area contributed by atoms with E-state index in [0.29, 0.717) is 11.5 Å². The molecular formula is C10H13N3S. The third-order valence-electron chi connectivity index (χ3n) is 1.88. The van der Waals surface area contributed by atoms with Gasteiger partial charge in [-0.05, 0) is 12.5 Å². The monoisotopic (exact) mass is 207 g/mol. The van der Waals surface area contributed by atoms with Crippen LogP contribution in [0.1, 0.15) is 17.5 Å². The summed E-state index contributed by atoms with van der Waals surface area (Å²) in [5, 5.41) is 0. The molecule has 1 heterocycles. The summed E-state index contributed by atoms with van der Waals surface area (Å²) in [6.45, 7) is 1.89. The van der Waals surface area contributed by atoms with Gasteiger partial charge in [0.05, 0.1) is 5.69 Å². The fourth-order valence-corrected chi connectivity index (χ4v) is 1.09. The molecule has 0 aliphatic heterocycles. The summed E-state index contributed by atoms with van der Waals surface area (Å²) in [7, 11) is 0. The van der Waals surface area contributed by atoms with Crippen LogP contribution in [-0.4, -0.2) is 10.7 Å². The van der Waals surface area contributed by atoms with Crippen LogP contribution in [0.4, 0.5) is 11.5 Å². The highest BCUT2D eigenvalue weighted by atomic mass is 32.1. The number of hydrogen-bond acceptors (Lipinski definition) is 4. The Hall–Kier alpha value is -1.34. The minimum Gasteiger partial charge on any atom is -0.395 e. The predicted molar refractivity (Wildman–Crippen MR) is 63.1 cm³/mol. The molecular weight excluding hydrogens is 194 g/mol. The average molecular weight is 207 g/mol. The second-order valence-electron chi connectivity index (χ2n) is 2.87. The minimum absolute atomic E-state index is 0.363. The number of nitrogens with two attached hydrogens (primary N) is 2. The number of pyridine rings is 1. The van der Waals surface area contributed by atoms with E-state index in [9.17, 15) is 0 Å². The number of aromatic nitrogens is 1. The molecule has 0 saturated carbocycles. The number of thiol groups is 1. The van der Waals surface area contributed by atoms with Crippen molar-refractivity contribution >= 4 is 24.1 Å². The van der Waals surface area contributed by atoms with Gasteiger partial charge in [0, 0.05) is 23.9 Å². The molecule has 4 N–H and O–H groups in total. The van der Waals surface area contributed by atoms with Crippen LogP contribution < -0.4 is 11.5 Å². The smallest absolute Gasteiger partial charge is 0.146 e. The molecule has 4 heteroatoms. The van der Waals surface area contributed by atoms with Gasteiger partial charge in [0.2, 0.25) is 0 Å². The summed E-state index contributed by atoms with van der Waals surface area (Å²) >= 11 is 4.07. The van der Waals surface area contributed by atoms with Crippen molar-refractivity contribution in [2.75, 3.05) is 17.2 Å². The van der Waals surface area contributed by atoms with E-state index in [4.69, 9.17) is 11.5 Å². The van der Waals surface area contributed by atoms with Crippen LogP contribution in [0.3, 0.4) is 0 Å². The molecule has 0 atom stereocenters. The van der Waals surface area contributed by atoms with Crippen molar-refractivity contribution in [3.05, 3.63) is 17.3 Å². The van der Waals surface area contributed by atoms with Crippen molar-refractivity contribution in [1.82, 2.24) is 4.98 Å². The van der Waals surface area contributed by atoms with Gasteiger partial charge in [0.1, 0.15) is 5.82 Å². The summed E-state index contributed by atoms with van der Waals surface area (Å²) < 4.78 is 0. The first kappa shape index (κ1) is 10.7. The highest BCUT2D eigenvalue weighted by Gasteiger charge is 2.03. The van der Waals surface area contributed by atoms with E-state index >= 15 is 0 Å². The SMILES string of the molecule is Cc1c(C#CCCS)cnc(N)c1N.